The third-order valence-electron chi connectivity index (χ3n) is 2.73. The normalized spacial score (nSPS) is 10.3. The molecule has 2 heterocycles. The van der Waals surface area contributed by atoms with E-state index in [-0.39, 0.29) is 5.91 Å². The Morgan fingerprint density at radius 1 is 1.50 bits per heavy atom. The van der Waals surface area contributed by atoms with Gasteiger partial charge >= 0.3 is 0 Å². The van der Waals surface area contributed by atoms with E-state index in [0.717, 1.165) is 21.7 Å². The van der Waals surface area contributed by atoms with E-state index in [2.05, 4.69) is 26.2 Å². The number of hydrogen-bond donors (Lipinski definition) is 1. The van der Waals surface area contributed by atoms with E-state index >= 15 is 0 Å². The van der Waals surface area contributed by atoms with Gasteiger partial charge in [-0.3, -0.25) is 4.79 Å². The summed E-state index contributed by atoms with van der Waals surface area (Å²) in [5, 5.41) is 5.12. The summed E-state index contributed by atoms with van der Waals surface area (Å²) in [6.45, 7) is 3.42. The number of aromatic nitrogens is 1. The highest BCUT2D eigenvalue weighted by atomic mass is 79.9. The highest BCUT2D eigenvalue weighted by Gasteiger charge is 2.13. The molecule has 0 aliphatic rings. The molecule has 1 amide bonds. The molecule has 2 aromatic heterocycles. The van der Waals surface area contributed by atoms with Crippen LogP contribution in [0.1, 0.15) is 22.2 Å². The van der Waals surface area contributed by atoms with Gasteiger partial charge in [-0.1, -0.05) is 0 Å². The van der Waals surface area contributed by atoms with Gasteiger partial charge in [-0.25, -0.2) is 4.98 Å². The van der Waals surface area contributed by atoms with Gasteiger partial charge in [-0.2, -0.15) is 0 Å². The summed E-state index contributed by atoms with van der Waals surface area (Å²) in [5.74, 6) is 0.763. The predicted octanol–water partition coefficient (Wildman–Crippen LogP) is 3.61. The highest BCUT2D eigenvalue weighted by Crippen LogP contribution is 2.21. The lowest BCUT2D eigenvalue weighted by atomic mass is 10.2. The SMILES string of the molecule is CCNc1ccc(C(=O)N(C)Cc2cc(Br)cs2)cn1. The van der Waals surface area contributed by atoms with Crippen LogP contribution in [0.2, 0.25) is 0 Å². The number of anilines is 1. The van der Waals surface area contributed by atoms with Crippen molar-refractivity contribution in [3.63, 3.8) is 0 Å². The fraction of sp³-hybridized carbons (Fsp3) is 0.286. The molecule has 0 aromatic carbocycles. The molecule has 0 aliphatic heterocycles. The van der Waals surface area contributed by atoms with E-state index in [0.29, 0.717) is 12.1 Å². The molecule has 0 radical (unpaired) electrons. The van der Waals surface area contributed by atoms with Crippen LogP contribution in [0, 0.1) is 0 Å². The average molecular weight is 354 g/mol. The van der Waals surface area contributed by atoms with Gasteiger partial charge < -0.3 is 10.2 Å². The van der Waals surface area contributed by atoms with Gasteiger partial charge in [0, 0.05) is 34.5 Å². The molecular formula is C14H16BrN3OS. The van der Waals surface area contributed by atoms with Crippen molar-refractivity contribution >= 4 is 39.0 Å². The van der Waals surface area contributed by atoms with Crippen molar-refractivity contribution < 1.29 is 4.79 Å². The Morgan fingerprint density at radius 3 is 2.85 bits per heavy atom. The van der Waals surface area contributed by atoms with Crippen LogP contribution in [0.5, 0.6) is 0 Å². The minimum absolute atomic E-state index is 0.0231. The number of halogens is 1. The molecule has 0 fully saturated rings. The quantitative estimate of drug-likeness (QED) is 0.892. The van der Waals surface area contributed by atoms with E-state index < -0.39 is 0 Å². The monoisotopic (exact) mass is 353 g/mol. The molecule has 2 rings (SSSR count). The largest absolute Gasteiger partial charge is 0.370 e. The van der Waals surface area contributed by atoms with Crippen LogP contribution in [0.15, 0.2) is 34.2 Å². The molecule has 0 saturated heterocycles. The summed E-state index contributed by atoms with van der Waals surface area (Å²) in [7, 11) is 1.80. The summed E-state index contributed by atoms with van der Waals surface area (Å²) in [6, 6.07) is 5.65. The van der Waals surface area contributed by atoms with E-state index in [9.17, 15) is 4.79 Å². The number of carbonyl (C=O) groups is 1. The summed E-state index contributed by atoms with van der Waals surface area (Å²) in [4.78, 5) is 19.3. The van der Waals surface area contributed by atoms with Gasteiger partial charge in [0.2, 0.25) is 0 Å². The van der Waals surface area contributed by atoms with Gasteiger partial charge in [-0.05, 0) is 41.1 Å². The maximum atomic E-state index is 12.3. The molecule has 0 bridgehead atoms. The first-order valence-electron chi connectivity index (χ1n) is 6.28. The number of thiophene rings is 1. The van der Waals surface area contributed by atoms with E-state index in [4.69, 9.17) is 0 Å². The third-order valence-corrected chi connectivity index (χ3v) is 4.41. The first kappa shape index (κ1) is 15.0. The Morgan fingerprint density at radius 2 is 2.30 bits per heavy atom. The first-order valence-corrected chi connectivity index (χ1v) is 7.95. The molecular weight excluding hydrogens is 338 g/mol. The molecule has 1 N–H and O–H groups in total. The second-order valence-electron chi connectivity index (χ2n) is 4.35. The summed E-state index contributed by atoms with van der Waals surface area (Å²) >= 11 is 5.05. The summed E-state index contributed by atoms with van der Waals surface area (Å²) in [6.07, 6.45) is 1.61. The topological polar surface area (TPSA) is 45.2 Å². The minimum Gasteiger partial charge on any atom is -0.370 e. The number of pyridine rings is 1. The number of rotatable bonds is 5. The van der Waals surface area contributed by atoms with Crippen molar-refractivity contribution in [2.45, 2.75) is 13.5 Å². The smallest absolute Gasteiger partial charge is 0.255 e. The molecule has 106 valence electrons. The molecule has 4 nitrogen and oxygen atoms in total. The number of nitrogens with one attached hydrogen (secondary N) is 1. The minimum atomic E-state index is -0.0231. The third kappa shape index (κ3) is 3.80. The maximum Gasteiger partial charge on any atom is 0.255 e. The molecule has 0 spiro atoms. The van der Waals surface area contributed by atoms with Crippen molar-refractivity contribution in [3.05, 3.63) is 44.7 Å². The summed E-state index contributed by atoms with van der Waals surface area (Å²) < 4.78 is 1.05. The zero-order chi connectivity index (χ0) is 14.5. The maximum absolute atomic E-state index is 12.3. The first-order chi connectivity index (χ1) is 9.60. The lowest BCUT2D eigenvalue weighted by molar-refractivity contribution is 0.0786. The van der Waals surface area contributed by atoms with E-state index in [1.165, 1.54) is 0 Å². The summed E-state index contributed by atoms with van der Waals surface area (Å²) in [5.41, 5.74) is 0.602. The molecule has 0 saturated carbocycles. The van der Waals surface area contributed by atoms with Gasteiger partial charge in [0.05, 0.1) is 12.1 Å². The second-order valence-corrected chi connectivity index (χ2v) is 6.27. The Bertz CT molecular complexity index is 582. The van der Waals surface area contributed by atoms with Crippen LogP contribution in [0.3, 0.4) is 0 Å². The number of carbonyl (C=O) groups excluding carboxylic acids is 1. The number of nitrogens with zero attached hydrogens (tertiary/aromatic N) is 2. The zero-order valence-corrected chi connectivity index (χ0v) is 13.8. The van der Waals surface area contributed by atoms with Crippen molar-refractivity contribution in [2.24, 2.45) is 0 Å². The molecule has 20 heavy (non-hydrogen) atoms. The van der Waals surface area contributed by atoms with Gasteiger partial charge in [-0.15, -0.1) is 11.3 Å². The molecule has 6 heteroatoms. The van der Waals surface area contributed by atoms with Gasteiger partial charge in [0.1, 0.15) is 5.82 Å². The fourth-order valence-electron chi connectivity index (χ4n) is 1.77. The van der Waals surface area contributed by atoms with Crippen molar-refractivity contribution in [3.8, 4) is 0 Å². The number of amides is 1. The zero-order valence-electron chi connectivity index (χ0n) is 11.4. The Balaban J connectivity index is 2.02. The average Bonchev–Trinajstić information content (AvgIpc) is 2.84. The Hall–Kier alpha value is -1.40. The fourth-order valence-corrected chi connectivity index (χ4v) is 3.27. The van der Waals surface area contributed by atoms with E-state index in [1.807, 2.05) is 24.4 Å². The van der Waals surface area contributed by atoms with Crippen LogP contribution < -0.4 is 5.32 Å². The standard InChI is InChI=1S/C14H16BrN3OS/c1-3-16-13-5-4-10(7-17-13)14(19)18(2)8-12-6-11(15)9-20-12/h4-7,9H,3,8H2,1-2H3,(H,16,17). The predicted molar refractivity (Wildman–Crippen MR) is 86.2 cm³/mol. The number of hydrogen-bond acceptors (Lipinski definition) is 4. The molecule has 2 aromatic rings. The molecule has 0 atom stereocenters. The Kier molecular flexibility index (Phi) is 5.14. The van der Waals surface area contributed by atoms with Crippen molar-refractivity contribution in [2.75, 3.05) is 18.9 Å². The molecule has 0 unspecified atom stereocenters. The van der Waals surface area contributed by atoms with Crippen LogP contribution in [-0.4, -0.2) is 29.4 Å². The van der Waals surface area contributed by atoms with Crippen LogP contribution >= 0.6 is 27.3 Å². The van der Waals surface area contributed by atoms with E-state index in [1.54, 1.807) is 35.5 Å². The lowest BCUT2D eigenvalue weighted by Crippen LogP contribution is -2.25. The van der Waals surface area contributed by atoms with Crippen molar-refractivity contribution in [1.29, 1.82) is 0 Å². The lowest BCUT2D eigenvalue weighted by Gasteiger charge is -2.16. The Labute approximate surface area is 131 Å². The second kappa shape index (κ2) is 6.85. The van der Waals surface area contributed by atoms with Crippen LogP contribution in [-0.2, 0) is 6.54 Å². The highest BCUT2D eigenvalue weighted by molar-refractivity contribution is 9.10. The van der Waals surface area contributed by atoms with Crippen LogP contribution in [0.4, 0.5) is 5.82 Å². The molecule has 0 aliphatic carbocycles. The van der Waals surface area contributed by atoms with Gasteiger partial charge in [0.15, 0.2) is 0 Å². The van der Waals surface area contributed by atoms with Crippen molar-refractivity contribution in [1.82, 2.24) is 9.88 Å². The van der Waals surface area contributed by atoms with Crippen LogP contribution in [0.25, 0.3) is 0 Å². The van der Waals surface area contributed by atoms with Gasteiger partial charge in [0.25, 0.3) is 5.91 Å².